The summed E-state index contributed by atoms with van der Waals surface area (Å²) in [6, 6.07) is 0.0308. The lowest BCUT2D eigenvalue weighted by Crippen LogP contribution is -2.65. The van der Waals surface area contributed by atoms with E-state index in [4.69, 9.17) is 5.73 Å². The first-order valence-corrected chi connectivity index (χ1v) is 13.4. The summed E-state index contributed by atoms with van der Waals surface area (Å²) in [5.41, 5.74) is 1.39. The van der Waals surface area contributed by atoms with Gasteiger partial charge in [0.15, 0.2) is 11.4 Å². The molecule has 1 aromatic carbocycles. The smallest absolute Gasteiger partial charge is 0.255 e. The number of aromatic hydroxyl groups is 1. The molecule has 0 aliphatic heterocycles. The van der Waals surface area contributed by atoms with Gasteiger partial charge in [0.2, 0.25) is 5.78 Å². The molecule has 1 saturated carbocycles. The number of carbonyl (C=O) groups is 3. The van der Waals surface area contributed by atoms with Crippen molar-refractivity contribution in [2.45, 2.75) is 58.7 Å². The van der Waals surface area contributed by atoms with Crippen molar-refractivity contribution in [3.05, 3.63) is 45.5 Å². The summed E-state index contributed by atoms with van der Waals surface area (Å²) >= 11 is 0. The maximum absolute atomic E-state index is 16.0. The lowest BCUT2D eigenvalue weighted by Gasteiger charge is -2.50. The molecule has 0 heterocycles. The molecule has 0 spiro atoms. The number of carbonyl (C=O) groups excluding carboxylic acids is 3. The highest BCUT2D eigenvalue weighted by atomic mass is 35.5. The fourth-order valence-electron chi connectivity index (χ4n) is 6.65. The summed E-state index contributed by atoms with van der Waals surface area (Å²) in [6.45, 7) is 9.70. The SMILES string of the molecule is CCN(Cc1cc(O)c2c(c1F)C[C@H]1C[C@H]3[C@H](N(C)C)C(=O)C(C(N)=O)=C(O)[C@@]3(O)C(=O)C1=C2O)CC(C)(C)C.Cl.Cl. The van der Waals surface area contributed by atoms with E-state index in [9.17, 15) is 34.8 Å². The standard InChI is InChI=1S/C29H38FN3O7.2ClH/c1-7-33(12-28(2,3)4)11-14-10-17(34)19-15(21(14)30)8-13-9-16-22(32(5)6)24(36)20(27(31)39)26(38)29(16,40)25(37)18(13)23(19)35;;/h10,13,16,22,34-35,38,40H,7-9,11-12H2,1-6H3,(H2,31,39);2*1H/t13-,16-,22-,29-;;/m0../s1. The average Bonchev–Trinajstić information content (AvgIpc) is 2.82. The van der Waals surface area contributed by atoms with Gasteiger partial charge in [-0.05, 0) is 50.9 Å². The number of halogens is 3. The highest BCUT2D eigenvalue weighted by Gasteiger charge is 2.64. The Balaban J connectivity index is 0.00000308. The fourth-order valence-corrected chi connectivity index (χ4v) is 6.65. The third-order valence-electron chi connectivity index (χ3n) is 8.27. The lowest BCUT2D eigenvalue weighted by molar-refractivity contribution is -0.153. The number of aliphatic hydroxyl groups is 3. The highest BCUT2D eigenvalue weighted by Crippen LogP contribution is 2.53. The van der Waals surface area contributed by atoms with Crippen molar-refractivity contribution in [3.8, 4) is 5.75 Å². The highest BCUT2D eigenvalue weighted by molar-refractivity contribution is 6.24. The van der Waals surface area contributed by atoms with Gasteiger partial charge in [0.05, 0.1) is 11.6 Å². The average molecular weight is 633 g/mol. The van der Waals surface area contributed by atoms with Gasteiger partial charge in [-0.3, -0.25) is 24.2 Å². The number of phenols is 1. The van der Waals surface area contributed by atoms with Gasteiger partial charge in [-0.25, -0.2) is 4.39 Å². The van der Waals surface area contributed by atoms with Crippen LogP contribution in [0, 0.1) is 23.1 Å². The number of Topliss-reactive ketones (excluding diaryl/α,β-unsaturated/α-hetero) is 2. The predicted molar refractivity (Wildman–Crippen MR) is 159 cm³/mol. The van der Waals surface area contributed by atoms with Crippen LogP contribution >= 0.6 is 24.8 Å². The van der Waals surface area contributed by atoms with Crippen LogP contribution in [-0.2, 0) is 27.3 Å². The van der Waals surface area contributed by atoms with Crippen LogP contribution in [0.15, 0.2) is 23.0 Å². The van der Waals surface area contributed by atoms with Crippen molar-refractivity contribution < 1.29 is 39.2 Å². The minimum absolute atomic E-state index is 0. The van der Waals surface area contributed by atoms with E-state index in [2.05, 4.69) is 20.8 Å². The summed E-state index contributed by atoms with van der Waals surface area (Å²) in [6.07, 6.45) is -0.186. The van der Waals surface area contributed by atoms with Crippen molar-refractivity contribution in [1.29, 1.82) is 0 Å². The van der Waals surface area contributed by atoms with Gasteiger partial charge in [-0.15, -0.1) is 24.8 Å². The number of aliphatic hydroxyl groups excluding tert-OH is 2. The van der Waals surface area contributed by atoms with Crippen molar-refractivity contribution in [2.24, 2.45) is 23.0 Å². The topological polar surface area (TPSA) is 165 Å². The summed E-state index contributed by atoms with van der Waals surface area (Å²) in [7, 11) is 3.04. The number of benzene rings is 1. The summed E-state index contributed by atoms with van der Waals surface area (Å²) in [4.78, 5) is 42.6. The molecule has 0 aromatic heterocycles. The number of rotatable bonds is 6. The first kappa shape index (κ1) is 35.5. The van der Waals surface area contributed by atoms with E-state index in [-0.39, 0.29) is 71.9 Å². The molecule has 0 bridgehead atoms. The molecule has 6 N–H and O–H groups in total. The Morgan fingerprint density at radius 1 is 1.17 bits per heavy atom. The van der Waals surface area contributed by atoms with Gasteiger partial charge in [0.25, 0.3) is 5.91 Å². The van der Waals surface area contributed by atoms with Crippen molar-refractivity contribution in [2.75, 3.05) is 27.2 Å². The second-order valence-corrected chi connectivity index (χ2v) is 12.5. The minimum Gasteiger partial charge on any atom is -0.508 e. The largest absolute Gasteiger partial charge is 0.508 e. The Morgan fingerprint density at radius 2 is 1.76 bits per heavy atom. The molecule has 1 amide bonds. The second kappa shape index (κ2) is 12.1. The van der Waals surface area contributed by atoms with Crippen LogP contribution in [0.4, 0.5) is 4.39 Å². The quantitative estimate of drug-likeness (QED) is 0.297. The van der Waals surface area contributed by atoms with E-state index >= 15 is 4.39 Å². The number of ketones is 2. The third kappa shape index (κ3) is 5.53. The molecule has 0 unspecified atom stereocenters. The Kier molecular flexibility index (Phi) is 10.2. The van der Waals surface area contributed by atoms with Crippen LogP contribution in [0.25, 0.3) is 5.76 Å². The number of nitrogens with two attached hydrogens (primary N) is 1. The van der Waals surface area contributed by atoms with Crippen LogP contribution in [0.5, 0.6) is 5.75 Å². The van der Waals surface area contributed by atoms with E-state index in [0.29, 0.717) is 13.1 Å². The van der Waals surface area contributed by atoms with Crippen molar-refractivity contribution in [1.82, 2.24) is 9.80 Å². The van der Waals surface area contributed by atoms with E-state index in [0.717, 1.165) is 0 Å². The normalized spacial score (nSPS) is 25.5. The number of likely N-dealkylation sites (N-methyl/N-ethyl adjacent to an activating group) is 1. The molecular weight excluding hydrogens is 592 g/mol. The second-order valence-electron chi connectivity index (χ2n) is 12.5. The van der Waals surface area contributed by atoms with Crippen molar-refractivity contribution in [3.63, 3.8) is 0 Å². The van der Waals surface area contributed by atoms with Crippen LogP contribution in [0.2, 0.25) is 0 Å². The number of amides is 1. The molecule has 3 aliphatic carbocycles. The molecule has 0 saturated heterocycles. The van der Waals surface area contributed by atoms with Gasteiger partial charge in [-0.2, -0.15) is 0 Å². The predicted octanol–water partition coefficient (Wildman–Crippen LogP) is 2.81. The fraction of sp³-hybridized carbons (Fsp3) is 0.552. The molecule has 3 aliphatic rings. The number of nitrogens with zero attached hydrogens (tertiary/aromatic N) is 2. The molecule has 10 nitrogen and oxygen atoms in total. The first-order chi connectivity index (χ1) is 18.4. The minimum atomic E-state index is -2.73. The summed E-state index contributed by atoms with van der Waals surface area (Å²) < 4.78 is 16.0. The lowest BCUT2D eigenvalue weighted by atomic mass is 9.57. The number of fused-ring (bicyclic) bond motifs is 3. The maximum Gasteiger partial charge on any atom is 0.255 e. The maximum atomic E-state index is 16.0. The van der Waals surface area contributed by atoms with Gasteiger partial charge in [0.1, 0.15) is 28.7 Å². The van der Waals surface area contributed by atoms with E-state index < -0.39 is 69.6 Å². The van der Waals surface area contributed by atoms with Crippen LogP contribution in [0.3, 0.4) is 0 Å². The Bertz CT molecular complexity index is 1370. The zero-order valence-electron chi connectivity index (χ0n) is 24.5. The molecule has 0 radical (unpaired) electrons. The molecule has 234 valence electrons. The molecule has 42 heavy (non-hydrogen) atoms. The number of phenolic OH excluding ortho intramolecular Hbond substituents is 1. The van der Waals surface area contributed by atoms with Crippen LogP contribution in [0.1, 0.15) is 50.8 Å². The number of hydrogen-bond donors (Lipinski definition) is 5. The van der Waals surface area contributed by atoms with Crippen LogP contribution in [-0.4, -0.2) is 86.5 Å². The zero-order valence-corrected chi connectivity index (χ0v) is 26.2. The first-order valence-electron chi connectivity index (χ1n) is 13.4. The Labute approximate surface area is 256 Å². The Morgan fingerprint density at radius 3 is 2.26 bits per heavy atom. The number of primary amides is 1. The van der Waals surface area contributed by atoms with Gasteiger partial charge in [0, 0.05) is 35.7 Å². The molecule has 4 atom stereocenters. The van der Waals surface area contributed by atoms with Gasteiger partial charge < -0.3 is 26.2 Å². The molecule has 1 aromatic rings. The monoisotopic (exact) mass is 631 g/mol. The van der Waals surface area contributed by atoms with E-state index in [1.807, 2.05) is 11.8 Å². The molecule has 4 rings (SSSR count). The summed E-state index contributed by atoms with van der Waals surface area (Å²) in [5.74, 6) is -8.21. The van der Waals surface area contributed by atoms with Crippen LogP contribution < -0.4 is 5.73 Å². The van der Waals surface area contributed by atoms with Crippen molar-refractivity contribution >= 4 is 48.0 Å². The van der Waals surface area contributed by atoms with E-state index in [1.165, 1.54) is 25.1 Å². The molecule has 13 heteroatoms. The van der Waals surface area contributed by atoms with E-state index in [1.54, 1.807) is 0 Å². The number of hydrogen-bond acceptors (Lipinski definition) is 9. The molecule has 1 fully saturated rings. The zero-order chi connectivity index (χ0) is 30.1. The van der Waals surface area contributed by atoms with Gasteiger partial charge >= 0.3 is 0 Å². The van der Waals surface area contributed by atoms with Gasteiger partial charge in [-0.1, -0.05) is 27.7 Å². The third-order valence-corrected chi connectivity index (χ3v) is 8.27. The summed E-state index contributed by atoms with van der Waals surface area (Å²) in [5, 5.41) is 44.7. The Hall–Kier alpha value is -2.70. The molecular formula is C29H40Cl2FN3O7.